The highest BCUT2D eigenvalue weighted by Gasteiger charge is 2.15. The Bertz CT molecular complexity index is 1400. The summed E-state index contributed by atoms with van der Waals surface area (Å²) in [4.78, 5) is 0. The first kappa shape index (κ1) is 40.3. The van der Waals surface area contributed by atoms with Crippen LogP contribution in [0, 0.1) is 0 Å². The highest BCUT2D eigenvalue weighted by atomic mass is 16.5. The molecule has 8 heteroatoms. The van der Waals surface area contributed by atoms with E-state index in [1.165, 1.54) is 0 Å². The lowest BCUT2D eigenvalue weighted by Gasteiger charge is -2.17. The number of hydrogen-bond donors (Lipinski definition) is 2. The van der Waals surface area contributed by atoms with Gasteiger partial charge in [0.2, 0.25) is 0 Å². The Kier molecular flexibility index (Phi) is 18.2. The Morgan fingerprint density at radius 2 is 0.580 bits per heavy atom. The van der Waals surface area contributed by atoms with Crippen LogP contribution in [0.5, 0.6) is 34.5 Å². The predicted molar refractivity (Wildman–Crippen MR) is 204 cm³/mol. The van der Waals surface area contributed by atoms with Gasteiger partial charge in [-0.15, -0.1) is 0 Å². The minimum absolute atomic E-state index is 0.140. The Morgan fingerprint density at radius 3 is 0.820 bits per heavy atom. The van der Waals surface area contributed by atoms with Crippen LogP contribution in [0.1, 0.15) is 113 Å². The number of rotatable bonds is 24. The minimum Gasteiger partial charge on any atom is -0.493 e. The van der Waals surface area contributed by atoms with Crippen LogP contribution in [-0.2, 0) is 13.2 Å². The van der Waals surface area contributed by atoms with Crippen LogP contribution in [0.3, 0.4) is 0 Å². The molecule has 0 bridgehead atoms. The standard InChI is InChI=1S/C42H58O8/c1-7-17-45-37-23-32(14-16-34-26-42(50-22-12-6)36(30-44)28-40(34)48-20-10-4)38(46-18-8-2)24-31(37)13-15-33-25-41(49-21-11-5)35(29-43)27-39(33)47-19-9-3/h13-16,23-28,43-44H,7-12,17-22,29-30H2,1-6H3/b15-13+,16-14+. The summed E-state index contributed by atoms with van der Waals surface area (Å²) >= 11 is 0. The van der Waals surface area contributed by atoms with Crippen molar-refractivity contribution < 1.29 is 38.6 Å². The zero-order valence-corrected chi connectivity index (χ0v) is 31.0. The summed E-state index contributed by atoms with van der Waals surface area (Å²) in [6, 6.07) is 11.6. The van der Waals surface area contributed by atoms with E-state index < -0.39 is 0 Å². The van der Waals surface area contributed by atoms with Crippen LogP contribution < -0.4 is 28.4 Å². The summed E-state index contributed by atoms with van der Waals surface area (Å²) < 4.78 is 36.8. The molecule has 3 aromatic rings. The quantitative estimate of drug-likeness (QED) is 0.0898. The molecule has 0 aliphatic heterocycles. The van der Waals surface area contributed by atoms with Gasteiger partial charge in [-0.2, -0.15) is 0 Å². The average Bonchev–Trinajstić information content (AvgIpc) is 3.14. The van der Waals surface area contributed by atoms with E-state index >= 15 is 0 Å². The first-order valence-corrected chi connectivity index (χ1v) is 18.3. The molecule has 0 saturated carbocycles. The SMILES string of the molecule is CCCOc1cc(/C=C/c2cc(OCCC)c(CO)cc2OCCC)c(OCCC)cc1/C=C/c1cc(OCCC)c(CO)cc1OCCC. The van der Waals surface area contributed by atoms with E-state index in [-0.39, 0.29) is 13.2 Å². The van der Waals surface area contributed by atoms with Gasteiger partial charge in [0.1, 0.15) is 34.5 Å². The molecule has 0 heterocycles. The van der Waals surface area contributed by atoms with Crippen molar-refractivity contribution in [2.45, 2.75) is 93.3 Å². The fourth-order valence-corrected chi connectivity index (χ4v) is 4.99. The van der Waals surface area contributed by atoms with E-state index in [4.69, 9.17) is 28.4 Å². The van der Waals surface area contributed by atoms with E-state index in [0.717, 1.165) is 72.3 Å². The Labute approximate surface area is 299 Å². The molecule has 0 spiro atoms. The Morgan fingerprint density at radius 1 is 0.360 bits per heavy atom. The third-order valence-corrected chi connectivity index (χ3v) is 7.52. The molecule has 8 nitrogen and oxygen atoms in total. The van der Waals surface area contributed by atoms with Crippen molar-refractivity contribution in [2.75, 3.05) is 39.6 Å². The molecule has 274 valence electrons. The normalized spacial score (nSPS) is 11.4. The Balaban J connectivity index is 2.14. The Hall–Kier alpha value is -4.14. The highest BCUT2D eigenvalue weighted by Crippen LogP contribution is 2.36. The average molecular weight is 691 g/mol. The molecule has 0 aliphatic carbocycles. The van der Waals surface area contributed by atoms with Crippen molar-refractivity contribution >= 4 is 24.3 Å². The molecular weight excluding hydrogens is 632 g/mol. The molecule has 2 N–H and O–H groups in total. The summed E-state index contributed by atoms with van der Waals surface area (Å²) in [5.74, 6) is 4.11. The topological polar surface area (TPSA) is 95.8 Å². The molecule has 3 aromatic carbocycles. The number of ether oxygens (including phenoxy) is 6. The van der Waals surface area contributed by atoms with Crippen molar-refractivity contribution in [1.82, 2.24) is 0 Å². The van der Waals surface area contributed by atoms with Crippen molar-refractivity contribution in [3.63, 3.8) is 0 Å². The zero-order valence-electron chi connectivity index (χ0n) is 31.0. The van der Waals surface area contributed by atoms with E-state index in [1.807, 2.05) is 60.7 Å². The third kappa shape index (κ3) is 12.0. The van der Waals surface area contributed by atoms with Crippen molar-refractivity contribution in [1.29, 1.82) is 0 Å². The maximum atomic E-state index is 10.0. The number of hydrogen-bond acceptors (Lipinski definition) is 8. The first-order chi connectivity index (χ1) is 24.5. The molecule has 0 aliphatic rings. The van der Waals surface area contributed by atoms with Gasteiger partial charge in [0, 0.05) is 33.4 Å². The second-order valence-electron chi connectivity index (χ2n) is 12.0. The lowest BCUT2D eigenvalue weighted by molar-refractivity contribution is 0.259. The molecule has 0 saturated heterocycles. The summed E-state index contributed by atoms with van der Waals surface area (Å²) in [5, 5.41) is 20.1. The number of aliphatic hydroxyl groups is 2. The molecule has 0 amide bonds. The number of aliphatic hydroxyl groups excluding tert-OH is 2. The lowest BCUT2D eigenvalue weighted by Crippen LogP contribution is -2.03. The molecule has 50 heavy (non-hydrogen) atoms. The number of benzene rings is 3. The van der Waals surface area contributed by atoms with E-state index in [0.29, 0.717) is 73.8 Å². The predicted octanol–water partition coefficient (Wildman–Crippen LogP) is 9.74. The van der Waals surface area contributed by atoms with Gasteiger partial charge in [-0.05, 0) is 74.9 Å². The molecule has 0 fully saturated rings. The molecule has 3 rings (SSSR count). The van der Waals surface area contributed by atoms with Gasteiger partial charge < -0.3 is 38.6 Å². The van der Waals surface area contributed by atoms with E-state index in [2.05, 4.69) is 41.5 Å². The van der Waals surface area contributed by atoms with Crippen LogP contribution in [0.4, 0.5) is 0 Å². The maximum Gasteiger partial charge on any atom is 0.127 e. The van der Waals surface area contributed by atoms with Gasteiger partial charge in [-0.1, -0.05) is 65.8 Å². The van der Waals surface area contributed by atoms with Gasteiger partial charge in [0.05, 0.1) is 52.9 Å². The van der Waals surface area contributed by atoms with Crippen LogP contribution in [-0.4, -0.2) is 49.9 Å². The summed E-state index contributed by atoms with van der Waals surface area (Å²) in [7, 11) is 0. The van der Waals surface area contributed by atoms with Crippen LogP contribution in [0.2, 0.25) is 0 Å². The maximum absolute atomic E-state index is 10.0. The van der Waals surface area contributed by atoms with Gasteiger partial charge in [-0.25, -0.2) is 0 Å². The van der Waals surface area contributed by atoms with Gasteiger partial charge in [-0.3, -0.25) is 0 Å². The minimum atomic E-state index is -0.140. The summed E-state index contributed by atoms with van der Waals surface area (Å²) in [6.45, 7) is 15.5. The molecular formula is C42H58O8. The van der Waals surface area contributed by atoms with Crippen LogP contribution >= 0.6 is 0 Å². The van der Waals surface area contributed by atoms with Crippen molar-refractivity contribution in [3.8, 4) is 34.5 Å². The fraction of sp³-hybridized carbons (Fsp3) is 0.476. The molecule has 0 aromatic heterocycles. The van der Waals surface area contributed by atoms with Gasteiger partial charge in [0.25, 0.3) is 0 Å². The van der Waals surface area contributed by atoms with E-state index in [9.17, 15) is 10.2 Å². The first-order valence-electron chi connectivity index (χ1n) is 18.3. The second-order valence-corrected chi connectivity index (χ2v) is 12.0. The smallest absolute Gasteiger partial charge is 0.127 e. The molecule has 0 radical (unpaired) electrons. The summed E-state index contributed by atoms with van der Waals surface area (Å²) in [5.41, 5.74) is 4.79. The fourth-order valence-electron chi connectivity index (χ4n) is 4.99. The summed E-state index contributed by atoms with van der Waals surface area (Å²) in [6.07, 6.45) is 13.2. The van der Waals surface area contributed by atoms with Crippen LogP contribution in [0.25, 0.3) is 24.3 Å². The second kappa shape index (κ2) is 22.6. The largest absolute Gasteiger partial charge is 0.493 e. The van der Waals surface area contributed by atoms with Gasteiger partial charge in [0.15, 0.2) is 0 Å². The molecule has 0 atom stereocenters. The lowest BCUT2D eigenvalue weighted by atomic mass is 10.0. The monoisotopic (exact) mass is 690 g/mol. The van der Waals surface area contributed by atoms with Crippen LogP contribution in [0.15, 0.2) is 36.4 Å². The van der Waals surface area contributed by atoms with E-state index in [1.54, 1.807) is 0 Å². The zero-order chi connectivity index (χ0) is 36.1. The molecule has 0 unspecified atom stereocenters. The highest BCUT2D eigenvalue weighted by molar-refractivity contribution is 5.81. The van der Waals surface area contributed by atoms with Crippen molar-refractivity contribution in [3.05, 3.63) is 69.8 Å². The van der Waals surface area contributed by atoms with Gasteiger partial charge >= 0.3 is 0 Å². The van der Waals surface area contributed by atoms with Crippen molar-refractivity contribution in [2.24, 2.45) is 0 Å². The third-order valence-electron chi connectivity index (χ3n) is 7.52.